The Bertz CT molecular complexity index is 1440. The molecular formula is C33H40N8O2. The zero-order valence-corrected chi connectivity index (χ0v) is 24.9. The maximum absolute atomic E-state index is 14.0. The van der Waals surface area contributed by atoms with Crippen molar-refractivity contribution >= 4 is 29.4 Å². The van der Waals surface area contributed by atoms with Crippen molar-refractivity contribution in [2.45, 2.75) is 32.0 Å². The fourth-order valence-corrected chi connectivity index (χ4v) is 6.08. The van der Waals surface area contributed by atoms with Crippen LogP contribution in [-0.2, 0) is 24.3 Å². The molecule has 2 saturated heterocycles. The topological polar surface area (TPSA) is 88.1 Å². The molecule has 0 radical (unpaired) electrons. The fourth-order valence-electron chi connectivity index (χ4n) is 6.08. The number of likely N-dealkylation sites (tertiary alicyclic amines) is 1. The summed E-state index contributed by atoms with van der Waals surface area (Å²) in [5, 5.41) is 3.34. The van der Waals surface area contributed by atoms with Crippen molar-refractivity contribution in [2.24, 2.45) is 0 Å². The molecule has 4 heterocycles. The minimum Gasteiger partial charge on any atom is -0.337 e. The number of benzene rings is 2. The van der Waals surface area contributed by atoms with E-state index in [2.05, 4.69) is 58.0 Å². The molecule has 3 aromatic rings. The van der Waals surface area contributed by atoms with Crippen LogP contribution in [0.15, 0.2) is 73.4 Å². The number of hydrogen-bond donors (Lipinski definition) is 1. The number of aromatic nitrogens is 2. The standard InChI is InChI=1S/C33H40N8O2/c1-3-30(42)39-16-14-29(24-39)41-31-27(23-40(33(41)43)22-26-7-5-4-6-8-26)21-34-32(36-31)35-28-11-9-25(10-12-28)13-15-38-19-17-37(2)18-20-38/h3-12,21,29H,1,13-20,22-24H2,2H3,(H,34,35,36). The van der Waals surface area contributed by atoms with Crippen molar-refractivity contribution in [1.29, 1.82) is 0 Å². The van der Waals surface area contributed by atoms with Gasteiger partial charge in [0.25, 0.3) is 0 Å². The molecule has 0 saturated carbocycles. The highest BCUT2D eigenvalue weighted by molar-refractivity contribution is 5.95. The fraction of sp³-hybridized carbons (Fsp3) is 0.394. The number of fused-ring (bicyclic) bond motifs is 1. The van der Waals surface area contributed by atoms with Gasteiger partial charge in [0.2, 0.25) is 11.9 Å². The van der Waals surface area contributed by atoms with Gasteiger partial charge in [-0.05, 0) is 49.2 Å². The Morgan fingerprint density at radius 1 is 1.02 bits per heavy atom. The van der Waals surface area contributed by atoms with Gasteiger partial charge in [-0.2, -0.15) is 4.98 Å². The van der Waals surface area contributed by atoms with Gasteiger partial charge in [-0.25, -0.2) is 9.78 Å². The number of nitrogens with zero attached hydrogens (tertiary/aromatic N) is 7. The van der Waals surface area contributed by atoms with E-state index in [1.54, 1.807) is 9.80 Å². The van der Waals surface area contributed by atoms with Crippen LogP contribution < -0.4 is 10.2 Å². The van der Waals surface area contributed by atoms with E-state index in [4.69, 9.17) is 4.98 Å². The number of carbonyl (C=O) groups excluding carboxylic acids is 2. The van der Waals surface area contributed by atoms with Gasteiger partial charge < -0.3 is 24.9 Å². The molecule has 10 heteroatoms. The number of carbonyl (C=O) groups is 2. The monoisotopic (exact) mass is 580 g/mol. The number of rotatable bonds is 9. The first-order valence-corrected chi connectivity index (χ1v) is 15.1. The predicted molar refractivity (Wildman–Crippen MR) is 168 cm³/mol. The predicted octanol–water partition coefficient (Wildman–Crippen LogP) is 3.74. The summed E-state index contributed by atoms with van der Waals surface area (Å²) in [5.41, 5.74) is 4.13. The molecule has 0 spiro atoms. The number of nitrogens with one attached hydrogen (secondary N) is 1. The number of piperazine rings is 1. The lowest BCUT2D eigenvalue weighted by Gasteiger charge is -2.39. The summed E-state index contributed by atoms with van der Waals surface area (Å²) < 4.78 is 0. The van der Waals surface area contributed by atoms with Crippen LogP contribution in [0.5, 0.6) is 0 Å². The number of hydrogen-bond acceptors (Lipinski definition) is 7. The smallest absolute Gasteiger partial charge is 0.326 e. The van der Waals surface area contributed by atoms with Gasteiger partial charge in [-0.15, -0.1) is 0 Å². The second kappa shape index (κ2) is 12.9. The SMILES string of the molecule is C=CC(=O)N1CCC(N2C(=O)N(Cc3ccccc3)Cc3cnc(Nc4ccc(CCN5CCN(C)CC5)cc4)nc32)C1. The van der Waals surface area contributed by atoms with E-state index >= 15 is 0 Å². The second-order valence-corrected chi connectivity index (χ2v) is 11.7. The van der Waals surface area contributed by atoms with Gasteiger partial charge in [0.1, 0.15) is 5.82 Å². The summed E-state index contributed by atoms with van der Waals surface area (Å²) in [6, 6.07) is 18.1. The molecule has 1 unspecified atom stereocenters. The van der Waals surface area contributed by atoms with Gasteiger partial charge in [0.15, 0.2) is 0 Å². The molecule has 3 aliphatic heterocycles. The number of likely N-dealkylation sites (N-methyl/N-ethyl adjacent to an activating group) is 1. The van der Waals surface area contributed by atoms with Gasteiger partial charge in [0.05, 0.1) is 12.6 Å². The first kappa shape index (κ1) is 28.8. The Morgan fingerprint density at radius 2 is 1.79 bits per heavy atom. The van der Waals surface area contributed by atoms with Gasteiger partial charge in [-0.3, -0.25) is 9.69 Å². The van der Waals surface area contributed by atoms with E-state index < -0.39 is 0 Å². The lowest BCUT2D eigenvalue weighted by Crippen LogP contribution is -2.52. The highest BCUT2D eigenvalue weighted by atomic mass is 16.2. The maximum Gasteiger partial charge on any atom is 0.326 e. The molecule has 43 heavy (non-hydrogen) atoms. The molecule has 0 aliphatic carbocycles. The first-order valence-electron chi connectivity index (χ1n) is 15.1. The molecule has 2 fully saturated rings. The molecule has 6 rings (SSSR count). The normalized spacial score (nSPS) is 19.4. The summed E-state index contributed by atoms with van der Waals surface area (Å²) >= 11 is 0. The number of urea groups is 1. The Labute approximate surface area is 253 Å². The number of amides is 3. The van der Waals surface area contributed by atoms with E-state index in [0.29, 0.717) is 44.4 Å². The largest absolute Gasteiger partial charge is 0.337 e. The third-order valence-corrected chi connectivity index (χ3v) is 8.66. The van der Waals surface area contributed by atoms with E-state index in [1.165, 1.54) is 11.6 Å². The Balaban J connectivity index is 1.18. The quantitative estimate of drug-likeness (QED) is 0.386. The average Bonchev–Trinajstić information content (AvgIpc) is 3.52. The van der Waals surface area contributed by atoms with E-state index in [9.17, 15) is 9.59 Å². The lowest BCUT2D eigenvalue weighted by molar-refractivity contribution is -0.125. The second-order valence-electron chi connectivity index (χ2n) is 11.7. The van der Waals surface area contributed by atoms with Crippen molar-refractivity contribution in [3.8, 4) is 0 Å². The lowest BCUT2D eigenvalue weighted by atomic mass is 10.1. The van der Waals surface area contributed by atoms with Crippen LogP contribution in [0.4, 0.5) is 22.2 Å². The molecule has 0 bridgehead atoms. The zero-order chi connectivity index (χ0) is 29.8. The van der Waals surface area contributed by atoms with Crippen LogP contribution in [0.3, 0.4) is 0 Å². The van der Waals surface area contributed by atoms with Crippen LogP contribution in [0.25, 0.3) is 0 Å². The molecule has 2 aromatic carbocycles. The van der Waals surface area contributed by atoms with E-state index in [0.717, 1.165) is 56.0 Å². The Morgan fingerprint density at radius 3 is 2.53 bits per heavy atom. The molecule has 1 atom stereocenters. The third-order valence-electron chi connectivity index (χ3n) is 8.66. The Hall–Kier alpha value is -4.28. The van der Waals surface area contributed by atoms with Gasteiger partial charge >= 0.3 is 6.03 Å². The third kappa shape index (κ3) is 6.71. The summed E-state index contributed by atoms with van der Waals surface area (Å²) in [5.74, 6) is 0.925. The van der Waals surface area contributed by atoms with Gasteiger partial charge in [0, 0.05) is 69.8 Å². The van der Waals surface area contributed by atoms with E-state index in [1.807, 2.05) is 41.4 Å². The molecule has 3 aliphatic rings. The summed E-state index contributed by atoms with van der Waals surface area (Å²) in [7, 11) is 2.18. The maximum atomic E-state index is 14.0. The molecule has 224 valence electrons. The molecule has 10 nitrogen and oxygen atoms in total. The van der Waals surface area contributed by atoms with Crippen LogP contribution in [-0.4, -0.2) is 100 Å². The molecule has 1 N–H and O–H groups in total. The van der Waals surface area contributed by atoms with Gasteiger partial charge in [-0.1, -0.05) is 49.0 Å². The van der Waals surface area contributed by atoms with E-state index in [-0.39, 0.29) is 18.0 Å². The van der Waals surface area contributed by atoms with Crippen LogP contribution >= 0.6 is 0 Å². The highest BCUT2D eigenvalue weighted by Gasteiger charge is 2.40. The molecular weight excluding hydrogens is 540 g/mol. The van der Waals surface area contributed by atoms with Crippen molar-refractivity contribution in [2.75, 3.05) is 63.1 Å². The number of anilines is 3. The summed E-state index contributed by atoms with van der Waals surface area (Å²) in [6.07, 6.45) is 4.83. The highest BCUT2D eigenvalue weighted by Crippen LogP contribution is 2.33. The van der Waals surface area contributed by atoms with Crippen molar-refractivity contribution < 1.29 is 9.59 Å². The first-order chi connectivity index (χ1) is 21.0. The van der Waals surface area contributed by atoms with Crippen LogP contribution in [0.1, 0.15) is 23.1 Å². The van der Waals surface area contributed by atoms with Crippen LogP contribution in [0.2, 0.25) is 0 Å². The zero-order valence-electron chi connectivity index (χ0n) is 24.9. The average molecular weight is 581 g/mol. The van der Waals surface area contributed by atoms with Crippen molar-refractivity contribution in [3.63, 3.8) is 0 Å². The van der Waals surface area contributed by atoms with Crippen molar-refractivity contribution in [3.05, 3.63) is 90.1 Å². The van der Waals surface area contributed by atoms with Crippen LogP contribution in [0, 0.1) is 0 Å². The molecule has 3 amide bonds. The molecule has 1 aromatic heterocycles. The minimum atomic E-state index is -0.184. The summed E-state index contributed by atoms with van der Waals surface area (Å²) in [6.45, 7) is 11.1. The minimum absolute atomic E-state index is 0.108. The Kier molecular flexibility index (Phi) is 8.67. The summed E-state index contributed by atoms with van der Waals surface area (Å²) in [4.78, 5) is 46.0. The van der Waals surface area contributed by atoms with Crippen molar-refractivity contribution in [1.82, 2.24) is 29.6 Å².